The summed E-state index contributed by atoms with van der Waals surface area (Å²) >= 11 is 0. The fourth-order valence-electron chi connectivity index (χ4n) is 4.11. The van der Waals surface area contributed by atoms with E-state index in [4.69, 9.17) is 9.47 Å². The molecule has 8 heteroatoms. The van der Waals surface area contributed by atoms with Crippen molar-refractivity contribution < 1.29 is 9.47 Å². The summed E-state index contributed by atoms with van der Waals surface area (Å²) in [5, 5.41) is 7.06. The normalized spacial score (nSPS) is 17.2. The maximum atomic E-state index is 5.40. The van der Waals surface area contributed by atoms with Crippen molar-refractivity contribution in [2.75, 3.05) is 47.4 Å². The number of benzene rings is 1. The van der Waals surface area contributed by atoms with E-state index in [-0.39, 0.29) is 24.0 Å². The number of nitrogens with zero attached hydrogens (tertiary/aromatic N) is 3. The zero-order valence-corrected chi connectivity index (χ0v) is 22.6. The fourth-order valence-corrected chi connectivity index (χ4v) is 4.11. The molecule has 178 valence electrons. The lowest BCUT2D eigenvalue weighted by Gasteiger charge is -2.30. The van der Waals surface area contributed by atoms with E-state index in [0.29, 0.717) is 18.1 Å². The topological polar surface area (TPSA) is 61.4 Å². The molecule has 1 aromatic rings. The Balaban J connectivity index is 0.00000480. The van der Waals surface area contributed by atoms with Crippen LogP contribution in [0.3, 0.4) is 0 Å². The highest BCUT2D eigenvalue weighted by atomic mass is 127. The molecule has 1 aromatic carbocycles. The zero-order valence-electron chi connectivity index (χ0n) is 20.3. The van der Waals surface area contributed by atoms with Crippen LogP contribution in [-0.4, -0.2) is 81.3 Å². The number of rotatable bonds is 10. The molecule has 0 bridgehead atoms. The molecule has 7 nitrogen and oxygen atoms in total. The van der Waals surface area contributed by atoms with E-state index < -0.39 is 0 Å². The van der Waals surface area contributed by atoms with Crippen LogP contribution in [0.15, 0.2) is 23.2 Å². The first-order valence-corrected chi connectivity index (χ1v) is 11.0. The summed E-state index contributed by atoms with van der Waals surface area (Å²) in [5.41, 5.74) is 1.21. The molecule has 0 aromatic heterocycles. The Morgan fingerprint density at radius 1 is 1.13 bits per heavy atom. The summed E-state index contributed by atoms with van der Waals surface area (Å²) in [6.45, 7) is 13.8. The molecule has 1 saturated heterocycles. The van der Waals surface area contributed by atoms with Crippen LogP contribution >= 0.6 is 24.0 Å². The molecule has 1 unspecified atom stereocenters. The van der Waals surface area contributed by atoms with Crippen molar-refractivity contribution in [3.63, 3.8) is 0 Å². The van der Waals surface area contributed by atoms with E-state index in [1.807, 2.05) is 13.1 Å². The van der Waals surface area contributed by atoms with Gasteiger partial charge in [-0.2, -0.15) is 0 Å². The predicted octanol–water partition coefficient (Wildman–Crippen LogP) is 3.18. The van der Waals surface area contributed by atoms with Gasteiger partial charge < -0.3 is 20.1 Å². The number of hydrogen-bond donors (Lipinski definition) is 2. The third-order valence-corrected chi connectivity index (χ3v) is 5.64. The first-order chi connectivity index (χ1) is 14.4. The average Bonchev–Trinajstić information content (AvgIpc) is 3.15. The zero-order chi connectivity index (χ0) is 22.1. The fraction of sp³-hybridized carbons (Fsp3) is 0.696. The predicted molar refractivity (Wildman–Crippen MR) is 140 cm³/mol. The Labute approximate surface area is 206 Å². The molecule has 1 aliphatic heterocycles. The Morgan fingerprint density at radius 2 is 1.74 bits per heavy atom. The molecule has 0 radical (unpaired) electrons. The van der Waals surface area contributed by atoms with E-state index in [9.17, 15) is 0 Å². The van der Waals surface area contributed by atoms with Crippen LogP contribution < -0.4 is 20.1 Å². The van der Waals surface area contributed by atoms with E-state index in [1.54, 1.807) is 14.2 Å². The number of halogens is 1. The highest BCUT2D eigenvalue weighted by Gasteiger charge is 2.23. The van der Waals surface area contributed by atoms with Gasteiger partial charge in [0.2, 0.25) is 0 Å². The summed E-state index contributed by atoms with van der Waals surface area (Å²) in [5.74, 6) is 2.55. The minimum absolute atomic E-state index is 0. The van der Waals surface area contributed by atoms with Gasteiger partial charge in [-0.3, -0.25) is 14.8 Å². The Hall–Kier alpha value is -1.26. The van der Waals surface area contributed by atoms with Crippen LogP contribution in [0.1, 0.15) is 39.7 Å². The van der Waals surface area contributed by atoms with Gasteiger partial charge >= 0.3 is 0 Å². The van der Waals surface area contributed by atoms with Gasteiger partial charge in [-0.25, -0.2) is 0 Å². The van der Waals surface area contributed by atoms with Crippen molar-refractivity contribution in [1.82, 2.24) is 20.4 Å². The van der Waals surface area contributed by atoms with E-state index >= 15 is 0 Å². The number of likely N-dealkylation sites (tertiary alicyclic amines) is 1. The van der Waals surface area contributed by atoms with Crippen LogP contribution in [0, 0.1) is 0 Å². The first kappa shape index (κ1) is 27.8. The maximum Gasteiger partial charge on any atom is 0.191 e. The quantitative estimate of drug-likeness (QED) is 0.267. The number of hydrogen-bond acceptors (Lipinski definition) is 5. The van der Waals surface area contributed by atoms with Crippen LogP contribution in [0.2, 0.25) is 0 Å². The molecule has 1 heterocycles. The average molecular weight is 548 g/mol. The maximum absolute atomic E-state index is 5.40. The van der Waals surface area contributed by atoms with Crippen molar-refractivity contribution in [2.24, 2.45) is 4.99 Å². The molecule has 0 saturated carbocycles. The lowest BCUT2D eigenvalue weighted by molar-refractivity contribution is 0.178. The molecule has 2 N–H and O–H groups in total. The Kier molecular flexibility index (Phi) is 12.5. The summed E-state index contributed by atoms with van der Waals surface area (Å²) in [4.78, 5) is 9.36. The highest BCUT2D eigenvalue weighted by molar-refractivity contribution is 14.0. The summed E-state index contributed by atoms with van der Waals surface area (Å²) in [7, 11) is 5.22. The van der Waals surface area contributed by atoms with Crippen molar-refractivity contribution in [1.29, 1.82) is 0 Å². The van der Waals surface area contributed by atoms with Crippen LogP contribution in [-0.2, 0) is 6.54 Å². The Bertz CT molecular complexity index is 654. The summed E-state index contributed by atoms with van der Waals surface area (Å²) in [6, 6.07) is 7.56. The van der Waals surface area contributed by atoms with E-state index in [2.05, 4.69) is 65.3 Å². The molecule has 1 fully saturated rings. The number of aliphatic imine (C=N–C) groups is 1. The van der Waals surface area contributed by atoms with Gasteiger partial charge in [-0.15, -0.1) is 24.0 Å². The van der Waals surface area contributed by atoms with Crippen molar-refractivity contribution in [2.45, 2.75) is 58.8 Å². The van der Waals surface area contributed by atoms with Crippen molar-refractivity contribution >= 4 is 29.9 Å². The Morgan fingerprint density at radius 3 is 2.26 bits per heavy atom. The van der Waals surface area contributed by atoms with E-state index in [0.717, 1.165) is 56.6 Å². The van der Waals surface area contributed by atoms with E-state index in [1.165, 1.54) is 5.56 Å². The van der Waals surface area contributed by atoms with Crippen LogP contribution in [0.4, 0.5) is 0 Å². The molecular formula is C23H42IN5O2. The molecule has 0 aliphatic carbocycles. The second-order valence-corrected chi connectivity index (χ2v) is 8.51. The molecule has 31 heavy (non-hydrogen) atoms. The number of guanidine groups is 1. The first-order valence-electron chi connectivity index (χ1n) is 11.0. The van der Waals surface area contributed by atoms with Gasteiger partial charge in [0.15, 0.2) is 5.96 Å². The second kappa shape index (κ2) is 14.0. The summed E-state index contributed by atoms with van der Waals surface area (Å²) in [6.07, 6.45) is 1.10. The van der Waals surface area contributed by atoms with Gasteiger partial charge in [-0.1, -0.05) is 0 Å². The highest BCUT2D eigenvalue weighted by Crippen LogP contribution is 2.24. The number of ether oxygens (including phenoxy) is 2. The molecular weight excluding hydrogens is 505 g/mol. The molecule has 1 aliphatic rings. The molecule has 0 spiro atoms. The monoisotopic (exact) mass is 547 g/mol. The van der Waals surface area contributed by atoms with Gasteiger partial charge in [0.05, 0.1) is 14.2 Å². The largest absolute Gasteiger partial charge is 0.497 e. The third kappa shape index (κ3) is 9.02. The summed E-state index contributed by atoms with van der Waals surface area (Å²) < 4.78 is 10.8. The second-order valence-electron chi connectivity index (χ2n) is 8.51. The van der Waals surface area contributed by atoms with Gasteiger partial charge in [-0.05, 0) is 51.8 Å². The third-order valence-electron chi connectivity index (χ3n) is 5.64. The number of methoxy groups -OCH3 is 2. The SMILES string of the molecule is CN=C(NCCN(C(C)C)C(C)C)NC1CCN(Cc2cc(OC)cc(OC)c2)C1.I. The standard InChI is InChI=1S/C23H41N5O2.HI/c1-17(2)28(18(3)4)11-9-25-23(24-5)26-20-8-10-27(16-20)15-19-12-21(29-6)14-22(13-19)30-7;/h12-14,17-18,20H,8-11,15-16H2,1-7H3,(H2,24,25,26);1H. The van der Waals surface area contributed by atoms with Gasteiger partial charge in [0, 0.05) is 64.0 Å². The van der Waals surface area contributed by atoms with Crippen LogP contribution in [0.25, 0.3) is 0 Å². The van der Waals surface area contributed by atoms with Crippen molar-refractivity contribution in [3.8, 4) is 11.5 Å². The minimum atomic E-state index is 0. The minimum Gasteiger partial charge on any atom is -0.497 e. The van der Waals surface area contributed by atoms with Crippen LogP contribution in [0.5, 0.6) is 11.5 Å². The smallest absolute Gasteiger partial charge is 0.191 e. The van der Waals surface area contributed by atoms with Gasteiger partial charge in [0.25, 0.3) is 0 Å². The lowest BCUT2D eigenvalue weighted by atomic mass is 10.2. The molecule has 1 atom stereocenters. The van der Waals surface area contributed by atoms with Gasteiger partial charge in [0.1, 0.15) is 11.5 Å². The molecule has 0 amide bonds. The lowest BCUT2D eigenvalue weighted by Crippen LogP contribution is -2.48. The molecule has 2 rings (SSSR count). The number of nitrogens with one attached hydrogen (secondary N) is 2. The van der Waals surface area contributed by atoms with Crippen molar-refractivity contribution in [3.05, 3.63) is 23.8 Å².